The van der Waals surface area contributed by atoms with E-state index in [9.17, 15) is 9.18 Å². The molecule has 124 valence electrons. The highest BCUT2D eigenvalue weighted by atomic mass is 19.1. The van der Waals surface area contributed by atoms with Gasteiger partial charge >= 0.3 is 0 Å². The van der Waals surface area contributed by atoms with Crippen molar-refractivity contribution in [2.24, 2.45) is 0 Å². The second kappa shape index (κ2) is 6.97. The predicted octanol–water partition coefficient (Wildman–Crippen LogP) is 3.76. The summed E-state index contributed by atoms with van der Waals surface area (Å²) in [6.07, 6.45) is 0.407. The molecule has 0 aliphatic rings. The largest absolute Gasteiger partial charge is 0.337 e. The Morgan fingerprint density at radius 1 is 1.28 bits per heavy atom. The first-order valence-electron chi connectivity index (χ1n) is 8.01. The normalized spacial score (nSPS) is 10.6. The summed E-state index contributed by atoms with van der Waals surface area (Å²) >= 11 is 0. The maximum absolute atomic E-state index is 14.3. The zero-order chi connectivity index (χ0) is 18.7. The molecule has 1 aromatic heterocycles. The van der Waals surface area contributed by atoms with Gasteiger partial charge in [-0.1, -0.05) is 18.1 Å². The standard InChI is InChI=1S/C19H15FN4O/c1-3-5-13-8-17-14(9-16(13)23-11-25)19(22-10-21-17)24-15-7-4-6-12(2)18(15)20/h4,6-11H,1-2H3,(H,23,25)(H,21,22,24)/i11T. The lowest BCUT2D eigenvalue weighted by atomic mass is 10.1. The minimum absolute atomic E-state index is 0.286. The Hall–Kier alpha value is -3.46. The lowest BCUT2D eigenvalue weighted by molar-refractivity contribution is -0.105. The second-order valence-corrected chi connectivity index (χ2v) is 5.30. The van der Waals surface area contributed by atoms with Crippen LogP contribution in [0, 0.1) is 24.6 Å². The van der Waals surface area contributed by atoms with Crippen LogP contribution >= 0.6 is 0 Å². The van der Waals surface area contributed by atoms with Gasteiger partial charge in [-0.05, 0) is 37.6 Å². The van der Waals surface area contributed by atoms with Gasteiger partial charge in [0.2, 0.25) is 6.39 Å². The lowest BCUT2D eigenvalue weighted by Crippen LogP contribution is -2.02. The van der Waals surface area contributed by atoms with E-state index in [1.165, 1.54) is 6.33 Å². The summed E-state index contributed by atoms with van der Waals surface area (Å²) in [6.45, 7) is 3.35. The Kier molecular flexibility index (Phi) is 4.21. The molecule has 0 fully saturated rings. The first-order valence-corrected chi connectivity index (χ1v) is 7.51. The van der Waals surface area contributed by atoms with Crippen LogP contribution in [-0.4, -0.2) is 16.4 Å². The van der Waals surface area contributed by atoms with Crippen molar-refractivity contribution in [2.45, 2.75) is 13.8 Å². The predicted molar refractivity (Wildman–Crippen MR) is 96.2 cm³/mol. The minimum Gasteiger partial charge on any atom is -0.337 e. The molecule has 1 heterocycles. The summed E-state index contributed by atoms with van der Waals surface area (Å²) in [7, 11) is 0. The summed E-state index contributed by atoms with van der Waals surface area (Å²) < 4.78 is 21.4. The molecule has 2 N–H and O–H groups in total. The van der Waals surface area contributed by atoms with Crippen LogP contribution in [-0.2, 0) is 4.79 Å². The molecule has 0 aliphatic carbocycles. The molecule has 0 saturated carbocycles. The molecule has 0 saturated heterocycles. The van der Waals surface area contributed by atoms with Crippen LogP contribution in [0.5, 0.6) is 0 Å². The van der Waals surface area contributed by atoms with Gasteiger partial charge < -0.3 is 10.6 Å². The number of halogens is 1. The van der Waals surface area contributed by atoms with Crippen molar-refractivity contribution >= 4 is 34.5 Å². The van der Waals surface area contributed by atoms with Crippen LogP contribution < -0.4 is 10.6 Å². The summed E-state index contributed by atoms with van der Waals surface area (Å²) in [5.41, 5.74) is 2.28. The number of aryl methyl sites for hydroxylation is 1. The molecule has 0 unspecified atom stereocenters. The highest BCUT2D eigenvalue weighted by Crippen LogP contribution is 2.29. The zero-order valence-electron chi connectivity index (χ0n) is 14.6. The van der Waals surface area contributed by atoms with Gasteiger partial charge in [0.05, 0.1) is 22.5 Å². The fraction of sp³-hybridized carbons (Fsp3) is 0.105. The highest BCUT2D eigenvalue weighted by molar-refractivity contribution is 5.96. The van der Waals surface area contributed by atoms with Gasteiger partial charge in [0.1, 0.15) is 19.3 Å². The van der Waals surface area contributed by atoms with Crippen molar-refractivity contribution in [3.63, 3.8) is 0 Å². The van der Waals surface area contributed by atoms with Gasteiger partial charge in [-0.2, -0.15) is 0 Å². The number of aromatic nitrogens is 2. The molecule has 6 heteroatoms. The number of benzene rings is 2. The lowest BCUT2D eigenvalue weighted by Gasteiger charge is -2.12. The average Bonchev–Trinajstić information content (AvgIpc) is 2.60. The molecule has 0 radical (unpaired) electrons. The number of amides is 1. The molecule has 0 bridgehead atoms. The molecule has 5 nitrogen and oxygen atoms in total. The zero-order valence-corrected chi connectivity index (χ0v) is 13.6. The quantitative estimate of drug-likeness (QED) is 0.564. The summed E-state index contributed by atoms with van der Waals surface area (Å²) in [5.74, 6) is 5.65. The third kappa shape index (κ3) is 3.26. The van der Waals surface area contributed by atoms with Gasteiger partial charge in [-0.25, -0.2) is 14.4 Å². The van der Waals surface area contributed by atoms with Crippen LogP contribution in [0.2, 0.25) is 0 Å². The van der Waals surface area contributed by atoms with E-state index in [1.807, 2.05) is 0 Å². The number of carbonyl (C=O) groups is 1. The van der Waals surface area contributed by atoms with E-state index >= 15 is 0 Å². The molecule has 0 atom stereocenters. The van der Waals surface area contributed by atoms with Crippen molar-refractivity contribution in [2.75, 3.05) is 10.6 Å². The first-order chi connectivity index (χ1) is 12.5. The number of nitrogens with zero attached hydrogens (tertiary/aromatic N) is 2. The molecule has 3 aromatic rings. The monoisotopic (exact) mass is 336 g/mol. The van der Waals surface area contributed by atoms with Crippen LogP contribution in [0.25, 0.3) is 10.9 Å². The average molecular weight is 336 g/mol. The number of fused-ring (bicyclic) bond motifs is 1. The van der Waals surface area contributed by atoms with E-state index < -0.39 is 6.39 Å². The summed E-state index contributed by atoms with van der Waals surface area (Å²) in [4.78, 5) is 19.6. The Morgan fingerprint density at radius 3 is 2.88 bits per heavy atom. The van der Waals surface area contributed by atoms with Gasteiger partial charge in [0.15, 0.2) is 0 Å². The third-order valence-corrected chi connectivity index (χ3v) is 3.66. The number of nitrogens with one attached hydrogen (secondary N) is 2. The van der Waals surface area contributed by atoms with E-state index in [4.69, 9.17) is 1.37 Å². The molecular formula is C19H15FN4O. The van der Waals surface area contributed by atoms with Crippen molar-refractivity contribution < 1.29 is 10.6 Å². The first kappa shape index (κ1) is 15.1. The molecule has 3 rings (SSSR count). The van der Waals surface area contributed by atoms with Gasteiger partial charge in [-0.15, -0.1) is 5.92 Å². The fourth-order valence-electron chi connectivity index (χ4n) is 2.47. The Bertz CT molecular complexity index is 1070. The van der Waals surface area contributed by atoms with Crippen LogP contribution in [0.4, 0.5) is 21.6 Å². The van der Waals surface area contributed by atoms with Gasteiger partial charge in [-0.3, -0.25) is 4.79 Å². The third-order valence-electron chi connectivity index (χ3n) is 3.66. The Balaban J connectivity index is 2.15. The minimum atomic E-state index is -0.959. The molecule has 2 aromatic carbocycles. The van der Waals surface area contributed by atoms with E-state index in [0.29, 0.717) is 33.5 Å². The highest BCUT2D eigenvalue weighted by Gasteiger charge is 2.11. The van der Waals surface area contributed by atoms with Gasteiger partial charge in [0.25, 0.3) is 0 Å². The van der Waals surface area contributed by atoms with E-state index in [-0.39, 0.29) is 11.5 Å². The second-order valence-electron chi connectivity index (χ2n) is 5.30. The number of carbonyl (C=O) groups excluding carboxylic acids is 1. The molecule has 1 amide bonds. The Morgan fingerprint density at radius 2 is 2.12 bits per heavy atom. The smallest absolute Gasteiger partial charge is 0.211 e. The number of hydrogen-bond donors (Lipinski definition) is 2. The van der Waals surface area contributed by atoms with Crippen molar-refractivity contribution in [1.82, 2.24) is 9.97 Å². The van der Waals surface area contributed by atoms with Crippen molar-refractivity contribution in [3.8, 4) is 11.8 Å². The van der Waals surface area contributed by atoms with Crippen LogP contribution in [0.3, 0.4) is 0 Å². The van der Waals surface area contributed by atoms with Crippen LogP contribution in [0.1, 0.15) is 19.4 Å². The van der Waals surface area contributed by atoms with Gasteiger partial charge in [0, 0.05) is 5.39 Å². The molecular weight excluding hydrogens is 319 g/mol. The number of anilines is 3. The SMILES string of the molecule is [3H]C(=O)Nc1cc2c(Nc3cccc(C)c3F)ncnc2cc1C#CC. The van der Waals surface area contributed by atoms with E-state index in [2.05, 4.69) is 32.4 Å². The van der Waals surface area contributed by atoms with Crippen molar-refractivity contribution in [1.29, 1.82) is 0 Å². The fourth-order valence-corrected chi connectivity index (χ4v) is 2.47. The molecule has 25 heavy (non-hydrogen) atoms. The number of hydrogen-bond acceptors (Lipinski definition) is 4. The van der Waals surface area contributed by atoms with Crippen LogP contribution in [0.15, 0.2) is 36.7 Å². The van der Waals surface area contributed by atoms with E-state index in [1.54, 1.807) is 44.2 Å². The Labute approximate surface area is 145 Å². The molecule has 0 spiro atoms. The number of rotatable bonds is 3. The maximum Gasteiger partial charge on any atom is 0.211 e. The van der Waals surface area contributed by atoms with E-state index in [0.717, 1.165) is 0 Å². The topological polar surface area (TPSA) is 66.9 Å². The maximum atomic E-state index is 14.3. The van der Waals surface area contributed by atoms with Crippen molar-refractivity contribution in [3.05, 3.63) is 53.6 Å². The molecule has 0 aliphatic heterocycles. The summed E-state index contributed by atoms with van der Waals surface area (Å²) in [6, 6.07) is 8.34. The summed E-state index contributed by atoms with van der Waals surface area (Å²) in [5, 5.41) is 5.96.